The molecule has 1 saturated heterocycles. The van der Waals surface area contributed by atoms with Crippen molar-refractivity contribution in [3.8, 4) is 17.2 Å². The number of nitrogens with zero attached hydrogens (tertiary/aromatic N) is 5. The van der Waals surface area contributed by atoms with E-state index in [1.165, 1.54) is 83.5 Å². The van der Waals surface area contributed by atoms with Gasteiger partial charge in [-0.1, -0.05) is 174 Å². The smallest absolute Gasteiger partial charge is 0.305 e. The number of rotatable bonds is 26. The van der Waals surface area contributed by atoms with Crippen molar-refractivity contribution < 1.29 is 96.4 Å². The number of carbonyl (C=O) groups is 16. The molecule has 2 heterocycles. The van der Waals surface area contributed by atoms with Crippen LogP contribution in [0.25, 0.3) is 10.9 Å². The molecular formula is C95H122N16O20S. The summed E-state index contributed by atoms with van der Waals surface area (Å²) < 4.78 is 11.1. The standard InChI is InChI=1S/C95H122N16O20S/c1-12-14-35-75-94(128)108(6)54-82(115)100-71(50-84(117)118)89(123)102-67(26-13-2)92(126)110(8)76(46-59-29-20-16-21-30-59)90(124)105-72(45-62-38-41-78(130-10)79(48-62)131-11)91(125)107(5)53-81(114)99-70(49-63-51-97-66-34-25-24-33-65(63)66)88(122)104-69(43-61-36-39-64(112)40-37-61)87(121)103-68(42-57(3)4)86(120)106-74(85(119)98-52-80(96)113)55-132-56-83(116)101-73(44-58-27-18-15-19-28-58)93(127)111(9)77(95(129)109(75)7)47-60-31-22-17-23-32-60/h15-25,27-34,36-41,48,51,57,67-77,97,112H,12-14,26,35,42-47,49-50,52-56H2,1-11H3,(H2,96,113)(H,98,119)(H,99,114)(H,100,115)(H,101,116)(H,102,123)(H,103,121)(H,104,122)(H,105,124)(H,106,120)(H,117,118)/t67-,68-,69-,70-,71-,72-,73-,74-,75-,76?,77-/m0/s1. The molecule has 11 atom stereocenters. The Balaban J connectivity index is 1.22. The second kappa shape index (κ2) is 50.9. The van der Waals surface area contributed by atoms with Crippen molar-refractivity contribution in [1.29, 1.82) is 0 Å². The van der Waals surface area contributed by atoms with Crippen LogP contribution in [0.15, 0.2) is 164 Å². The van der Waals surface area contributed by atoms with Crippen molar-refractivity contribution in [2.45, 2.75) is 178 Å². The van der Waals surface area contributed by atoms with Gasteiger partial charge in [-0.25, -0.2) is 0 Å². The first-order valence-corrected chi connectivity index (χ1v) is 44.9. The van der Waals surface area contributed by atoms with Gasteiger partial charge in [0.05, 0.1) is 46.0 Å². The van der Waals surface area contributed by atoms with E-state index in [1.54, 1.807) is 160 Å². The highest BCUT2D eigenvalue weighted by Crippen LogP contribution is 2.30. The summed E-state index contributed by atoms with van der Waals surface area (Å²) in [6, 6.07) is 26.5. The summed E-state index contributed by atoms with van der Waals surface area (Å²) in [6.07, 6.45) is 0.217. The lowest BCUT2D eigenvalue weighted by atomic mass is 9.99. The molecule has 708 valence electrons. The number of ether oxygens (including phenoxy) is 2. The molecule has 37 heteroatoms. The van der Waals surface area contributed by atoms with E-state index in [4.69, 9.17) is 15.2 Å². The number of benzene rings is 6. The van der Waals surface area contributed by atoms with Crippen molar-refractivity contribution in [3.63, 3.8) is 0 Å². The van der Waals surface area contributed by atoms with Crippen LogP contribution in [0.3, 0.4) is 0 Å². The molecule has 0 aliphatic carbocycles. The van der Waals surface area contributed by atoms with E-state index in [2.05, 4.69) is 52.8 Å². The number of amides is 15. The van der Waals surface area contributed by atoms with E-state index in [-0.39, 0.29) is 87.4 Å². The zero-order valence-electron chi connectivity index (χ0n) is 76.2. The van der Waals surface area contributed by atoms with Crippen LogP contribution >= 0.6 is 11.8 Å². The van der Waals surface area contributed by atoms with E-state index >= 15 is 43.2 Å². The number of aromatic amines is 1. The number of nitrogens with one attached hydrogen (secondary N) is 10. The highest BCUT2D eigenvalue weighted by atomic mass is 32.2. The van der Waals surface area contributed by atoms with Crippen LogP contribution in [0.5, 0.6) is 17.2 Å². The molecule has 0 radical (unpaired) electrons. The van der Waals surface area contributed by atoms with Crippen molar-refractivity contribution in [2.24, 2.45) is 11.7 Å². The molecule has 36 nitrogen and oxygen atoms in total. The first-order chi connectivity index (χ1) is 63.0. The second-order valence-electron chi connectivity index (χ2n) is 33.2. The van der Waals surface area contributed by atoms with Gasteiger partial charge in [0, 0.05) is 96.6 Å². The van der Waals surface area contributed by atoms with Gasteiger partial charge in [0.2, 0.25) is 88.6 Å². The highest BCUT2D eigenvalue weighted by Gasteiger charge is 2.42. The minimum absolute atomic E-state index is 0.0316. The van der Waals surface area contributed by atoms with Crippen molar-refractivity contribution in [3.05, 3.63) is 197 Å². The molecule has 7 aromatic rings. The van der Waals surface area contributed by atoms with Gasteiger partial charge in [-0.3, -0.25) is 76.7 Å². The molecule has 1 aliphatic heterocycles. The highest BCUT2D eigenvalue weighted by molar-refractivity contribution is 8.00. The quantitative estimate of drug-likeness (QED) is 0.0371. The van der Waals surface area contributed by atoms with Crippen LogP contribution < -0.4 is 63.1 Å². The maximum atomic E-state index is 15.6. The number of aromatic hydroxyl groups is 1. The molecule has 14 N–H and O–H groups in total. The Morgan fingerprint density at radius 2 is 0.939 bits per heavy atom. The number of methoxy groups -OCH3 is 2. The van der Waals surface area contributed by atoms with Crippen LogP contribution in [0.4, 0.5) is 0 Å². The lowest BCUT2D eigenvalue weighted by molar-refractivity contribution is -0.151. The molecule has 15 amide bonds. The first kappa shape index (κ1) is 104. The van der Waals surface area contributed by atoms with Gasteiger partial charge in [0.1, 0.15) is 72.2 Å². The summed E-state index contributed by atoms with van der Waals surface area (Å²) >= 11 is 0.831. The van der Waals surface area contributed by atoms with Crippen LogP contribution in [0.1, 0.15) is 106 Å². The number of H-pyrrole nitrogens is 1. The molecule has 8 rings (SSSR count). The Labute approximate surface area is 771 Å². The number of carboxylic acid groups (broad SMARTS) is 1. The number of likely N-dealkylation sites (N-methyl/N-ethyl adjacent to an activating group) is 5. The summed E-state index contributed by atoms with van der Waals surface area (Å²) in [5, 5.41) is 45.4. The average molecular weight is 1840 g/mol. The Kier molecular flexibility index (Phi) is 39.9. The lowest BCUT2D eigenvalue weighted by Gasteiger charge is -2.37. The monoisotopic (exact) mass is 1840 g/mol. The van der Waals surface area contributed by atoms with Crippen LogP contribution in [0, 0.1) is 5.92 Å². The van der Waals surface area contributed by atoms with E-state index in [0.29, 0.717) is 62.9 Å². The second-order valence-corrected chi connectivity index (χ2v) is 34.2. The van der Waals surface area contributed by atoms with Gasteiger partial charge < -0.3 is 103 Å². The summed E-state index contributed by atoms with van der Waals surface area (Å²) in [6.45, 7) is 4.76. The molecule has 1 fully saturated rings. The molecule has 1 aromatic heterocycles. The number of aliphatic carboxylic acids is 1. The number of fused-ring (bicyclic) bond motifs is 1. The summed E-state index contributed by atoms with van der Waals surface area (Å²) in [5.74, 6) is -15.9. The molecule has 0 bridgehead atoms. The minimum Gasteiger partial charge on any atom is -0.508 e. The van der Waals surface area contributed by atoms with Gasteiger partial charge >= 0.3 is 5.97 Å². The van der Waals surface area contributed by atoms with E-state index < -0.39 is 193 Å². The van der Waals surface area contributed by atoms with Crippen molar-refractivity contribution in [2.75, 3.05) is 80.6 Å². The third kappa shape index (κ3) is 30.9. The van der Waals surface area contributed by atoms with Gasteiger partial charge in [-0.05, 0) is 88.9 Å². The molecular weight excluding hydrogens is 1720 g/mol. The molecule has 132 heavy (non-hydrogen) atoms. The Morgan fingerprint density at radius 1 is 0.470 bits per heavy atom. The van der Waals surface area contributed by atoms with Gasteiger partial charge in [-0.15, -0.1) is 11.8 Å². The van der Waals surface area contributed by atoms with Gasteiger partial charge in [0.15, 0.2) is 11.5 Å². The topological polar surface area (TPSA) is 498 Å². The number of phenolic OH excluding ortho intramolecular Hbond substituents is 1. The molecule has 1 unspecified atom stereocenters. The fourth-order valence-corrected chi connectivity index (χ4v) is 16.3. The number of hydrogen-bond acceptors (Lipinski definition) is 20. The van der Waals surface area contributed by atoms with Crippen molar-refractivity contribution in [1.82, 2.24) is 77.3 Å². The maximum absolute atomic E-state index is 15.6. The number of para-hydroxylation sites is 1. The summed E-state index contributed by atoms with van der Waals surface area (Å²) in [5.41, 5.74) is 9.14. The Morgan fingerprint density at radius 3 is 1.52 bits per heavy atom. The van der Waals surface area contributed by atoms with E-state index in [9.17, 15) is 43.8 Å². The number of hydrogen-bond donors (Lipinski definition) is 13. The molecule has 0 saturated carbocycles. The Hall–Kier alpha value is -13.9. The number of nitrogens with two attached hydrogens (primary N) is 1. The fraction of sp³-hybridized carbons (Fsp3) is 0.432. The normalized spacial score (nSPS) is 21.6. The van der Waals surface area contributed by atoms with E-state index in [0.717, 1.165) is 26.5 Å². The number of unbranched alkanes of at least 4 members (excludes halogenated alkanes) is 1. The van der Waals surface area contributed by atoms with Crippen molar-refractivity contribution >= 4 is 117 Å². The van der Waals surface area contributed by atoms with Crippen LogP contribution in [-0.4, -0.2) is 281 Å². The number of aromatic nitrogens is 1. The summed E-state index contributed by atoms with van der Waals surface area (Å²) in [7, 11) is 9.38. The molecule has 6 aromatic carbocycles. The zero-order chi connectivity index (χ0) is 96.4. The predicted octanol–water partition coefficient (Wildman–Crippen LogP) is 2.78. The number of carboxylic acids is 1. The zero-order valence-corrected chi connectivity index (χ0v) is 77.0. The third-order valence-electron chi connectivity index (χ3n) is 22.5. The van der Waals surface area contributed by atoms with Crippen LogP contribution in [-0.2, 0) is 115 Å². The van der Waals surface area contributed by atoms with Crippen LogP contribution in [0.2, 0.25) is 0 Å². The van der Waals surface area contributed by atoms with Gasteiger partial charge in [-0.2, -0.15) is 0 Å². The molecule has 0 spiro atoms. The average Bonchev–Trinajstić information content (AvgIpc) is 1.62. The lowest BCUT2D eigenvalue weighted by Crippen LogP contribution is -2.60. The number of phenols is 1. The summed E-state index contributed by atoms with van der Waals surface area (Å²) in [4.78, 5) is 244. The molecule has 1 aliphatic rings. The minimum atomic E-state index is -1.90. The third-order valence-corrected chi connectivity index (χ3v) is 23.6. The van der Waals surface area contributed by atoms with Gasteiger partial charge in [0.25, 0.3) is 0 Å². The number of primary amides is 1. The fourth-order valence-electron chi connectivity index (χ4n) is 15.4. The first-order valence-electron chi connectivity index (χ1n) is 43.7. The SMILES string of the molecule is CCCC[C@H]1C(=O)N(C)CC(=O)N[C@@H](CC(=O)O)C(=O)N[C@@H](CCC)C(=O)N(C)C(Cc2ccccc2)C(=O)N[C@@H](Cc2ccc(OC)c(OC)c2)C(=O)N(C)CC(=O)N[C@@H](Cc2c[nH]c3ccccc23)C(=O)N[C@@H](Cc2ccc(O)cc2)C(=O)N[C@@H](CC(C)C)C(=O)N[C@H](C(=O)NCC(N)=O)CSCC(=O)N[C@@H](Cc2ccccc2)C(=O)N(C)[C@@H](Cc2ccccc2)C(=O)N1C. The predicted molar refractivity (Wildman–Crippen MR) is 494 cm³/mol. The Bertz CT molecular complexity index is 5160. The van der Waals surface area contributed by atoms with E-state index in [1.807, 2.05) is 6.92 Å². The maximum Gasteiger partial charge on any atom is 0.305 e. The number of thioether (sulfide) groups is 1. The number of carbonyl (C=O) groups excluding carboxylic acids is 15. The largest absolute Gasteiger partial charge is 0.508 e.